The summed E-state index contributed by atoms with van der Waals surface area (Å²) in [5.41, 5.74) is 14.9. The van der Waals surface area contributed by atoms with Crippen LogP contribution in [0.3, 0.4) is 0 Å². The van der Waals surface area contributed by atoms with Crippen LogP contribution >= 0.6 is 0 Å². The zero-order chi connectivity index (χ0) is 17.4. The number of benzene rings is 1. The molecule has 7 heteroatoms. The van der Waals surface area contributed by atoms with Crippen molar-refractivity contribution in [3.8, 4) is 0 Å². The third-order valence-electron chi connectivity index (χ3n) is 3.98. The number of carbonyl (C=O) groups excluding carboxylic acids is 1. The highest BCUT2D eigenvalue weighted by atomic mass is 19.1. The van der Waals surface area contributed by atoms with Crippen molar-refractivity contribution in [1.29, 1.82) is 0 Å². The Hall–Kier alpha value is -3.09. The summed E-state index contributed by atoms with van der Waals surface area (Å²) in [5, 5.41) is 3.07. The summed E-state index contributed by atoms with van der Waals surface area (Å²) >= 11 is 0. The van der Waals surface area contributed by atoms with Gasteiger partial charge in [0.1, 0.15) is 5.82 Å². The molecule has 2 heterocycles. The van der Waals surface area contributed by atoms with Crippen LogP contribution in [0.4, 0.5) is 16.0 Å². The number of fused-ring (bicyclic) bond motifs is 1. The molecule has 0 spiro atoms. The summed E-state index contributed by atoms with van der Waals surface area (Å²) in [6.07, 6.45) is 1.90. The number of amides is 1. The van der Waals surface area contributed by atoms with Gasteiger partial charge in [-0.2, -0.15) is 0 Å². The topological polar surface area (TPSA) is 97.3 Å². The Bertz CT molecular complexity index is 862. The predicted octanol–water partition coefficient (Wildman–Crippen LogP) is 2.07. The number of hydrogen-bond donors (Lipinski definition) is 3. The Labute approximate surface area is 139 Å². The maximum Gasteiger partial charge on any atom is 0.252 e. The van der Waals surface area contributed by atoms with Crippen molar-refractivity contribution in [3.05, 3.63) is 58.5 Å². The number of nitrogens with two attached hydrogens (primary N) is 2. The first-order chi connectivity index (χ1) is 11.4. The Morgan fingerprint density at radius 1 is 1.42 bits per heavy atom. The Morgan fingerprint density at radius 2 is 2.17 bits per heavy atom. The van der Waals surface area contributed by atoms with Crippen LogP contribution in [0.2, 0.25) is 0 Å². The van der Waals surface area contributed by atoms with Gasteiger partial charge in [0.05, 0.1) is 11.3 Å². The molecule has 3 rings (SSSR count). The number of aryl methyl sites for hydroxylation is 1. The van der Waals surface area contributed by atoms with Crippen molar-refractivity contribution >= 4 is 23.2 Å². The molecule has 5 N–H and O–H groups in total. The summed E-state index contributed by atoms with van der Waals surface area (Å²) in [6, 6.07) is 6.97. The molecule has 1 aromatic heterocycles. The van der Waals surface area contributed by atoms with Crippen LogP contribution in [0.15, 0.2) is 30.5 Å². The van der Waals surface area contributed by atoms with Gasteiger partial charge >= 0.3 is 0 Å². The Balaban J connectivity index is 2.08. The highest BCUT2D eigenvalue weighted by Gasteiger charge is 2.20. The van der Waals surface area contributed by atoms with Crippen molar-refractivity contribution in [2.75, 3.05) is 18.1 Å². The number of pyridine rings is 1. The molecule has 24 heavy (non-hydrogen) atoms. The number of hydrogen-bond acceptors (Lipinski definition) is 5. The number of nitrogens with zero attached hydrogens (tertiary/aromatic N) is 2. The number of aromatic nitrogens is 1. The highest BCUT2D eigenvalue weighted by Crippen LogP contribution is 2.30. The Morgan fingerprint density at radius 3 is 2.88 bits per heavy atom. The van der Waals surface area contributed by atoms with Gasteiger partial charge in [0.15, 0.2) is 11.6 Å². The molecule has 2 aromatic rings. The van der Waals surface area contributed by atoms with Gasteiger partial charge < -0.3 is 21.7 Å². The number of rotatable bonds is 3. The van der Waals surface area contributed by atoms with E-state index < -0.39 is 11.7 Å². The van der Waals surface area contributed by atoms with E-state index in [-0.39, 0.29) is 17.2 Å². The van der Waals surface area contributed by atoms with Crippen LogP contribution < -0.4 is 16.8 Å². The molecular weight excluding hydrogens is 309 g/mol. The first kappa shape index (κ1) is 15.8. The van der Waals surface area contributed by atoms with Crippen molar-refractivity contribution < 1.29 is 9.18 Å². The highest BCUT2D eigenvalue weighted by molar-refractivity contribution is 5.99. The van der Waals surface area contributed by atoms with Gasteiger partial charge in [-0.25, -0.2) is 9.37 Å². The number of carbonyl (C=O) groups is 1. The first-order valence-corrected chi connectivity index (χ1v) is 7.40. The molecule has 0 bridgehead atoms. The smallest absolute Gasteiger partial charge is 0.252 e. The lowest BCUT2D eigenvalue weighted by Gasteiger charge is -2.27. The van der Waals surface area contributed by atoms with Gasteiger partial charge in [-0.05, 0) is 24.1 Å². The zero-order valence-electron chi connectivity index (χ0n) is 13.4. The van der Waals surface area contributed by atoms with Gasteiger partial charge in [0.2, 0.25) is 0 Å². The van der Waals surface area contributed by atoms with Gasteiger partial charge in [-0.1, -0.05) is 18.2 Å². The average molecular weight is 327 g/mol. The molecular formula is C17H18FN5O. The molecule has 0 radical (unpaired) electrons. The van der Waals surface area contributed by atoms with Crippen LogP contribution in [0.5, 0.6) is 0 Å². The molecule has 6 nitrogen and oxygen atoms in total. The first-order valence-electron chi connectivity index (χ1n) is 7.40. The lowest BCUT2D eigenvalue weighted by molar-refractivity contribution is 0.100. The molecule has 0 aliphatic carbocycles. The number of nitrogen functional groups attached to an aromatic ring is 1. The molecule has 0 fully saturated rings. The fraction of sp³-hybridized carbons (Fsp3) is 0.176. The standard InChI is InChI=1S/C17H18FN5O/c1-9-4-3-5-10-12(9)7-23(2)8-14(10)21-17-11(16(20)24)6-13(18)15(19)22-17/h3-6,8H,7H2,1-2H3,(H2,20,24)(H3,19,21,22). The number of nitrogens with one attached hydrogen (secondary N) is 1. The van der Waals surface area contributed by atoms with E-state index in [2.05, 4.69) is 10.3 Å². The third kappa shape index (κ3) is 2.76. The largest absolute Gasteiger partial charge is 0.381 e. The molecule has 0 unspecified atom stereocenters. The van der Waals surface area contributed by atoms with E-state index in [1.165, 1.54) is 5.56 Å². The van der Waals surface area contributed by atoms with Crippen molar-refractivity contribution in [2.24, 2.45) is 5.73 Å². The fourth-order valence-corrected chi connectivity index (χ4v) is 2.76. The van der Waals surface area contributed by atoms with Crippen molar-refractivity contribution in [3.63, 3.8) is 0 Å². The second-order valence-electron chi connectivity index (χ2n) is 5.80. The van der Waals surface area contributed by atoms with Gasteiger partial charge in [-0.3, -0.25) is 4.79 Å². The quantitative estimate of drug-likeness (QED) is 0.802. The average Bonchev–Trinajstić information content (AvgIpc) is 2.51. The monoisotopic (exact) mass is 327 g/mol. The maximum absolute atomic E-state index is 13.6. The van der Waals surface area contributed by atoms with E-state index in [9.17, 15) is 9.18 Å². The van der Waals surface area contributed by atoms with E-state index in [0.29, 0.717) is 0 Å². The lowest BCUT2D eigenvalue weighted by Crippen LogP contribution is -2.22. The predicted molar refractivity (Wildman–Crippen MR) is 91.4 cm³/mol. The number of primary amides is 1. The van der Waals surface area contributed by atoms with Crippen LogP contribution in [-0.2, 0) is 6.54 Å². The molecule has 1 aliphatic heterocycles. The van der Waals surface area contributed by atoms with E-state index in [1.54, 1.807) is 0 Å². The summed E-state index contributed by atoms with van der Waals surface area (Å²) in [6.45, 7) is 2.81. The van der Waals surface area contributed by atoms with E-state index in [1.807, 2.05) is 43.3 Å². The second-order valence-corrected chi connectivity index (χ2v) is 5.80. The third-order valence-corrected chi connectivity index (χ3v) is 3.98. The normalized spacial score (nSPS) is 13.3. The molecule has 1 aromatic carbocycles. The van der Waals surface area contributed by atoms with E-state index in [0.717, 1.165) is 29.4 Å². The van der Waals surface area contributed by atoms with Crippen LogP contribution in [-0.4, -0.2) is 22.8 Å². The van der Waals surface area contributed by atoms with E-state index >= 15 is 0 Å². The second kappa shape index (κ2) is 5.84. The number of anilines is 2. The van der Waals surface area contributed by atoms with Gasteiger partial charge in [0, 0.05) is 25.4 Å². The lowest BCUT2D eigenvalue weighted by atomic mass is 9.97. The molecule has 124 valence electrons. The zero-order valence-corrected chi connectivity index (χ0v) is 13.4. The SMILES string of the molecule is Cc1cccc2c1CN(C)C=C2Nc1nc(N)c(F)cc1C(N)=O. The van der Waals surface area contributed by atoms with E-state index in [4.69, 9.17) is 11.5 Å². The number of halogens is 1. The van der Waals surface area contributed by atoms with Crippen LogP contribution in [0.25, 0.3) is 5.70 Å². The van der Waals surface area contributed by atoms with Crippen LogP contribution in [0, 0.1) is 12.7 Å². The molecule has 1 aliphatic rings. The molecule has 0 saturated carbocycles. The fourth-order valence-electron chi connectivity index (χ4n) is 2.76. The van der Waals surface area contributed by atoms with Gasteiger partial charge in [0.25, 0.3) is 5.91 Å². The summed E-state index contributed by atoms with van der Waals surface area (Å²) in [5.74, 6) is -1.72. The maximum atomic E-state index is 13.6. The van der Waals surface area contributed by atoms with Gasteiger partial charge in [-0.15, -0.1) is 0 Å². The Kier molecular flexibility index (Phi) is 3.84. The molecule has 0 atom stereocenters. The summed E-state index contributed by atoms with van der Waals surface area (Å²) in [4.78, 5) is 17.5. The molecule has 0 saturated heterocycles. The van der Waals surface area contributed by atoms with Crippen molar-refractivity contribution in [2.45, 2.75) is 13.5 Å². The van der Waals surface area contributed by atoms with Crippen LogP contribution in [0.1, 0.15) is 27.0 Å². The van der Waals surface area contributed by atoms with Crippen molar-refractivity contribution in [1.82, 2.24) is 9.88 Å². The minimum Gasteiger partial charge on any atom is -0.381 e. The minimum absolute atomic E-state index is 0.0509. The summed E-state index contributed by atoms with van der Waals surface area (Å²) in [7, 11) is 1.94. The summed E-state index contributed by atoms with van der Waals surface area (Å²) < 4.78 is 13.6. The minimum atomic E-state index is -0.780. The molecule has 1 amide bonds.